The number of hydrogen-bond donors (Lipinski definition) is 0. The molecular formula is C30H24O6. The molecule has 4 aromatic carbocycles. The summed E-state index contributed by atoms with van der Waals surface area (Å²) in [6, 6.07) is 31.1. The van der Waals surface area contributed by atoms with Crippen molar-refractivity contribution in [2.24, 2.45) is 0 Å². The molecule has 0 saturated carbocycles. The quantitative estimate of drug-likeness (QED) is 0.336. The lowest BCUT2D eigenvalue weighted by Crippen LogP contribution is -2.61. The van der Waals surface area contributed by atoms with Crippen LogP contribution in [0.3, 0.4) is 0 Å². The Labute approximate surface area is 209 Å². The second-order valence-electron chi connectivity index (χ2n) is 8.57. The van der Waals surface area contributed by atoms with Crippen LogP contribution in [0.15, 0.2) is 109 Å². The van der Waals surface area contributed by atoms with Gasteiger partial charge in [-0.05, 0) is 38.1 Å². The van der Waals surface area contributed by atoms with Gasteiger partial charge in [-0.3, -0.25) is 0 Å². The number of aryl methyl sites for hydroxylation is 2. The van der Waals surface area contributed by atoms with E-state index in [4.69, 9.17) is 18.9 Å². The van der Waals surface area contributed by atoms with E-state index in [-0.39, 0.29) is 0 Å². The van der Waals surface area contributed by atoms with E-state index in [9.17, 15) is 9.59 Å². The van der Waals surface area contributed by atoms with Crippen LogP contribution in [0.25, 0.3) is 0 Å². The molecule has 4 aromatic rings. The molecule has 1 saturated heterocycles. The number of cyclic esters (lactones) is 2. The average Bonchev–Trinajstić information content (AvgIpc) is 2.90. The zero-order chi connectivity index (χ0) is 25.2. The maximum atomic E-state index is 13.9. The van der Waals surface area contributed by atoms with Gasteiger partial charge in [0, 0.05) is 11.1 Å². The average molecular weight is 481 g/mol. The standard InChI is InChI=1S/C30H24O6/c1-21-13-17-25(18-14-21)33-29(23-9-5-3-6-10-23)27(31)36-30(28(32)35-29,24-11-7-4-8-12-24)34-26-19-15-22(2)16-20-26/h3-20H,1-2H3. The van der Waals surface area contributed by atoms with Crippen molar-refractivity contribution in [1.29, 1.82) is 0 Å². The van der Waals surface area contributed by atoms with Gasteiger partial charge < -0.3 is 18.9 Å². The van der Waals surface area contributed by atoms with Crippen molar-refractivity contribution in [2.45, 2.75) is 25.4 Å². The topological polar surface area (TPSA) is 71.1 Å². The van der Waals surface area contributed by atoms with E-state index in [2.05, 4.69) is 0 Å². The Kier molecular flexibility index (Phi) is 5.94. The summed E-state index contributed by atoms with van der Waals surface area (Å²) in [6.45, 7) is 3.87. The first-order valence-electron chi connectivity index (χ1n) is 11.5. The van der Waals surface area contributed by atoms with Crippen LogP contribution >= 0.6 is 0 Å². The molecule has 0 aliphatic carbocycles. The smallest absolute Gasteiger partial charge is 0.402 e. The minimum absolute atomic E-state index is 0.306. The lowest BCUT2D eigenvalue weighted by Gasteiger charge is -2.42. The van der Waals surface area contributed by atoms with Crippen LogP contribution < -0.4 is 9.47 Å². The van der Waals surface area contributed by atoms with Crippen LogP contribution in [0.1, 0.15) is 22.3 Å². The van der Waals surface area contributed by atoms with Gasteiger partial charge in [-0.25, -0.2) is 9.59 Å². The molecule has 0 amide bonds. The van der Waals surface area contributed by atoms with Crippen molar-refractivity contribution >= 4 is 11.9 Å². The largest absolute Gasteiger partial charge is 0.439 e. The molecule has 2 unspecified atom stereocenters. The van der Waals surface area contributed by atoms with Crippen LogP contribution in [0.5, 0.6) is 11.5 Å². The molecule has 0 N–H and O–H groups in total. The Morgan fingerprint density at radius 3 is 1.17 bits per heavy atom. The van der Waals surface area contributed by atoms with E-state index in [0.717, 1.165) is 11.1 Å². The zero-order valence-electron chi connectivity index (χ0n) is 19.8. The van der Waals surface area contributed by atoms with E-state index < -0.39 is 23.5 Å². The van der Waals surface area contributed by atoms with Crippen molar-refractivity contribution in [3.8, 4) is 11.5 Å². The molecule has 2 atom stereocenters. The summed E-state index contributed by atoms with van der Waals surface area (Å²) in [4.78, 5) is 27.7. The summed E-state index contributed by atoms with van der Waals surface area (Å²) < 4.78 is 24.0. The molecule has 1 aliphatic rings. The van der Waals surface area contributed by atoms with Crippen molar-refractivity contribution in [1.82, 2.24) is 0 Å². The van der Waals surface area contributed by atoms with Gasteiger partial charge in [-0.15, -0.1) is 0 Å². The maximum Gasteiger partial charge on any atom is 0.402 e. The molecule has 1 heterocycles. The Balaban J connectivity index is 1.60. The van der Waals surface area contributed by atoms with Gasteiger partial charge in [0.1, 0.15) is 11.5 Å². The van der Waals surface area contributed by atoms with Gasteiger partial charge in [-0.1, -0.05) is 96.1 Å². The highest BCUT2D eigenvalue weighted by molar-refractivity contribution is 5.93. The monoisotopic (exact) mass is 480 g/mol. The number of carbonyl (C=O) groups excluding carboxylic acids is 2. The summed E-state index contributed by atoms with van der Waals surface area (Å²) in [7, 11) is 0. The molecular weight excluding hydrogens is 456 g/mol. The maximum absolute atomic E-state index is 13.9. The molecule has 6 nitrogen and oxygen atoms in total. The van der Waals surface area contributed by atoms with Crippen molar-refractivity contribution in [3.05, 3.63) is 131 Å². The van der Waals surface area contributed by atoms with E-state index in [1.807, 2.05) is 38.1 Å². The summed E-state index contributed by atoms with van der Waals surface area (Å²) in [5.74, 6) is -5.51. The van der Waals surface area contributed by atoms with Gasteiger partial charge in [0.05, 0.1) is 0 Å². The van der Waals surface area contributed by atoms with E-state index >= 15 is 0 Å². The molecule has 1 aliphatic heterocycles. The lowest BCUT2D eigenvalue weighted by molar-refractivity contribution is -0.295. The van der Waals surface area contributed by atoms with Crippen molar-refractivity contribution < 1.29 is 28.5 Å². The Morgan fingerprint density at radius 1 is 0.500 bits per heavy atom. The molecule has 0 spiro atoms. The van der Waals surface area contributed by atoms with Crippen LogP contribution in [0, 0.1) is 13.8 Å². The predicted octanol–water partition coefficient (Wildman–Crippen LogP) is 5.57. The van der Waals surface area contributed by atoms with E-state index in [1.54, 1.807) is 84.9 Å². The highest BCUT2D eigenvalue weighted by Crippen LogP contribution is 2.43. The van der Waals surface area contributed by atoms with Gasteiger partial charge >= 0.3 is 23.5 Å². The van der Waals surface area contributed by atoms with E-state index in [1.165, 1.54) is 0 Å². The normalized spacial score (nSPS) is 21.3. The highest BCUT2D eigenvalue weighted by atomic mass is 16.8. The Bertz CT molecular complexity index is 1260. The third-order valence-electron chi connectivity index (χ3n) is 5.88. The van der Waals surface area contributed by atoms with Crippen LogP contribution in [-0.4, -0.2) is 11.9 Å². The number of ether oxygens (including phenoxy) is 4. The van der Waals surface area contributed by atoms with Crippen LogP contribution in [0.4, 0.5) is 0 Å². The van der Waals surface area contributed by atoms with Gasteiger partial charge in [0.2, 0.25) is 0 Å². The molecule has 0 radical (unpaired) electrons. The zero-order valence-corrected chi connectivity index (χ0v) is 19.8. The SMILES string of the molecule is Cc1ccc(OC2(c3ccccc3)OC(=O)C(Oc3ccc(C)cc3)(c3ccccc3)OC2=O)cc1. The number of rotatable bonds is 6. The van der Waals surface area contributed by atoms with Gasteiger partial charge in [-0.2, -0.15) is 0 Å². The third-order valence-corrected chi connectivity index (χ3v) is 5.88. The van der Waals surface area contributed by atoms with Gasteiger partial charge in [0.25, 0.3) is 0 Å². The van der Waals surface area contributed by atoms with E-state index in [0.29, 0.717) is 22.6 Å². The third kappa shape index (κ3) is 4.18. The lowest BCUT2D eigenvalue weighted by atomic mass is 10.00. The first kappa shape index (κ1) is 23.2. The fraction of sp³-hybridized carbons (Fsp3) is 0.133. The minimum atomic E-state index is -2.16. The number of esters is 2. The second-order valence-corrected chi connectivity index (χ2v) is 8.57. The van der Waals surface area contributed by atoms with Crippen LogP contribution in [0.2, 0.25) is 0 Å². The predicted molar refractivity (Wildman–Crippen MR) is 132 cm³/mol. The number of hydrogen-bond acceptors (Lipinski definition) is 6. The molecule has 6 heteroatoms. The Hall–Kier alpha value is -4.58. The molecule has 0 bridgehead atoms. The summed E-state index contributed by atoms with van der Waals surface area (Å²) in [5, 5.41) is 0. The van der Waals surface area contributed by atoms with Crippen molar-refractivity contribution in [3.63, 3.8) is 0 Å². The molecule has 36 heavy (non-hydrogen) atoms. The molecule has 0 aromatic heterocycles. The molecule has 180 valence electrons. The molecule has 5 rings (SSSR count). The Morgan fingerprint density at radius 2 is 0.833 bits per heavy atom. The number of carbonyl (C=O) groups is 2. The number of benzene rings is 4. The first-order valence-corrected chi connectivity index (χ1v) is 11.5. The highest BCUT2D eigenvalue weighted by Gasteiger charge is 2.64. The van der Waals surface area contributed by atoms with Crippen LogP contribution in [-0.2, 0) is 30.6 Å². The fourth-order valence-electron chi connectivity index (χ4n) is 3.93. The fourth-order valence-corrected chi connectivity index (χ4v) is 3.93. The second kappa shape index (κ2) is 9.23. The summed E-state index contributed by atoms with van der Waals surface area (Å²) in [5.41, 5.74) is 2.63. The molecule has 1 fully saturated rings. The first-order chi connectivity index (χ1) is 17.4. The van der Waals surface area contributed by atoms with Crippen molar-refractivity contribution in [2.75, 3.05) is 0 Å². The summed E-state index contributed by atoms with van der Waals surface area (Å²) in [6.07, 6.45) is 0. The van der Waals surface area contributed by atoms with Gasteiger partial charge in [0.15, 0.2) is 0 Å². The minimum Gasteiger partial charge on any atom is -0.439 e. The summed E-state index contributed by atoms with van der Waals surface area (Å²) >= 11 is 0.